The Morgan fingerprint density at radius 3 is 2.47 bits per heavy atom. The topological polar surface area (TPSA) is 105 Å². The molecule has 1 aliphatic rings. The van der Waals surface area contributed by atoms with Gasteiger partial charge in [-0.15, -0.1) is 0 Å². The number of methoxy groups -OCH3 is 1. The molecule has 1 fully saturated rings. The van der Waals surface area contributed by atoms with Gasteiger partial charge in [-0.1, -0.05) is 6.07 Å². The van der Waals surface area contributed by atoms with E-state index in [1.165, 1.54) is 23.4 Å². The summed E-state index contributed by atoms with van der Waals surface area (Å²) < 4.78 is 32.5. The number of carbonyl (C=O) groups is 2. The number of nitrogens with zero attached hydrogens (tertiary/aromatic N) is 1. The van der Waals surface area contributed by atoms with Gasteiger partial charge in [0.15, 0.2) is 0 Å². The number of hydrogen-bond donors (Lipinski definition) is 2. The maximum absolute atomic E-state index is 13.0. The van der Waals surface area contributed by atoms with Crippen molar-refractivity contribution in [2.45, 2.75) is 24.7 Å². The lowest BCUT2D eigenvalue weighted by Gasteiger charge is -2.31. The van der Waals surface area contributed by atoms with Gasteiger partial charge in [0.1, 0.15) is 5.75 Å². The summed E-state index contributed by atoms with van der Waals surface area (Å²) >= 11 is 0. The smallest absolute Gasteiger partial charge is 0.243 e. The molecule has 8 nitrogen and oxygen atoms in total. The molecule has 1 saturated heterocycles. The molecule has 0 aliphatic carbocycles. The standard InChI is InChI=1S/C21H25N3O5S/c1-15(25)22-17-8-10-20(11-9-17)30(27,28)24-12-4-5-16(14-24)21(26)23-18-6-3-7-19(13-18)29-2/h3,6-11,13,16H,4-5,12,14H2,1-2H3,(H,22,25)(H,23,26)/t16-/m0/s1. The number of rotatable bonds is 6. The highest BCUT2D eigenvalue weighted by Gasteiger charge is 2.33. The van der Waals surface area contributed by atoms with Gasteiger partial charge in [0.05, 0.1) is 17.9 Å². The molecule has 2 N–H and O–H groups in total. The van der Waals surface area contributed by atoms with Crippen LogP contribution in [0.15, 0.2) is 53.4 Å². The van der Waals surface area contributed by atoms with Crippen LogP contribution in [0.4, 0.5) is 11.4 Å². The summed E-state index contributed by atoms with van der Waals surface area (Å²) in [7, 11) is -2.19. The Labute approximate surface area is 176 Å². The molecule has 0 unspecified atom stereocenters. The van der Waals surface area contributed by atoms with Gasteiger partial charge in [0.2, 0.25) is 21.8 Å². The summed E-state index contributed by atoms with van der Waals surface area (Å²) in [5, 5.41) is 5.45. The maximum Gasteiger partial charge on any atom is 0.243 e. The van der Waals surface area contributed by atoms with Gasteiger partial charge in [-0.25, -0.2) is 8.42 Å². The van der Waals surface area contributed by atoms with Gasteiger partial charge < -0.3 is 15.4 Å². The molecule has 0 saturated carbocycles. The first-order valence-corrected chi connectivity index (χ1v) is 11.1. The second-order valence-corrected chi connectivity index (χ2v) is 9.07. The van der Waals surface area contributed by atoms with Crippen LogP contribution in [0.3, 0.4) is 0 Å². The van der Waals surface area contributed by atoms with Crippen molar-refractivity contribution in [3.05, 3.63) is 48.5 Å². The van der Waals surface area contributed by atoms with E-state index in [9.17, 15) is 18.0 Å². The number of piperidine rings is 1. The molecule has 9 heteroatoms. The molecule has 30 heavy (non-hydrogen) atoms. The zero-order valence-electron chi connectivity index (χ0n) is 16.9. The van der Waals surface area contributed by atoms with E-state index in [-0.39, 0.29) is 23.3 Å². The summed E-state index contributed by atoms with van der Waals surface area (Å²) in [5.41, 5.74) is 1.13. The third-order valence-electron chi connectivity index (χ3n) is 4.90. The minimum absolute atomic E-state index is 0.117. The minimum atomic E-state index is -3.74. The van der Waals surface area contributed by atoms with E-state index in [4.69, 9.17) is 4.74 Å². The van der Waals surface area contributed by atoms with Gasteiger partial charge in [-0.05, 0) is 49.2 Å². The number of hydrogen-bond acceptors (Lipinski definition) is 5. The second-order valence-electron chi connectivity index (χ2n) is 7.13. The maximum atomic E-state index is 13.0. The van der Waals surface area contributed by atoms with E-state index in [2.05, 4.69) is 10.6 Å². The van der Waals surface area contributed by atoms with E-state index >= 15 is 0 Å². The molecule has 0 aromatic heterocycles. The predicted octanol–water partition coefficient (Wildman–Crippen LogP) is 2.69. The lowest BCUT2D eigenvalue weighted by Crippen LogP contribution is -2.43. The average molecular weight is 432 g/mol. The van der Waals surface area contributed by atoms with Crippen molar-refractivity contribution in [2.75, 3.05) is 30.8 Å². The molecule has 160 valence electrons. The summed E-state index contributed by atoms with van der Waals surface area (Å²) in [6, 6.07) is 13.0. The Morgan fingerprint density at radius 2 is 1.80 bits per heavy atom. The number of ether oxygens (including phenoxy) is 1. The molecule has 0 bridgehead atoms. The zero-order valence-corrected chi connectivity index (χ0v) is 17.7. The first kappa shape index (κ1) is 21.8. The molecule has 3 rings (SSSR count). The number of benzene rings is 2. The van der Waals surface area contributed by atoms with Crippen molar-refractivity contribution in [2.24, 2.45) is 5.92 Å². The van der Waals surface area contributed by atoms with Crippen molar-refractivity contribution < 1.29 is 22.7 Å². The monoisotopic (exact) mass is 431 g/mol. The van der Waals surface area contributed by atoms with Crippen molar-refractivity contribution in [1.29, 1.82) is 0 Å². The van der Waals surface area contributed by atoms with Crippen molar-refractivity contribution >= 4 is 33.2 Å². The third-order valence-corrected chi connectivity index (χ3v) is 6.78. The molecule has 2 aromatic rings. The molecule has 2 amide bonds. The Bertz CT molecular complexity index is 1020. The highest BCUT2D eigenvalue weighted by atomic mass is 32.2. The van der Waals surface area contributed by atoms with Crippen molar-refractivity contribution in [1.82, 2.24) is 4.31 Å². The summed E-state index contributed by atoms with van der Waals surface area (Å²) in [5.74, 6) is -0.266. The highest BCUT2D eigenvalue weighted by molar-refractivity contribution is 7.89. The molecular weight excluding hydrogens is 406 g/mol. The fourth-order valence-electron chi connectivity index (χ4n) is 3.38. The van der Waals surface area contributed by atoms with Crippen LogP contribution in [0.25, 0.3) is 0 Å². The van der Waals surface area contributed by atoms with E-state index in [1.807, 2.05) is 0 Å². The lowest BCUT2D eigenvalue weighted by molar-refractivity contribution is -0.121. The average Bonchev–Trinajstić information content (AvgIpc) is 2.74. The molecule has 2 aromatic carbocycles. The molecule has 0 radical (unpaired) electrons. The fraction of sp³-hybridized carbons (Fsp3) is 0.333. The van der Waals surface area contributed by atoms with Crippen LogP contribution in [0, 0.1) is 5.92 Å². The third kappa shape index (κ3) is 5.17. The van der Waals surface area contributed by atoms with Gasteiger partial charge in [-0.2, -0.15) is 4.31 Å². The quantitative estimate of drug-likeness (QED) is 0.732. The Hall–Kier alpha value is -2.91. The van der Waals surface area contributed by atoms with E-state index in [0.29, 0.717) is 36.5 Å². The van der Waals surface area contributed by atoms with E-state index in [1.54, 1.807) is 43.5 Å². The van der Waals surface area contributed by atoms with Crippen LogP contribution in [-0.4, -0.2) is 44.7 Å². The minimum Gasteiger partial charge on any atom is -0.497 e. The van der Waals surface area contributed by atoms with Crippen LogP contribution in [0.2, 0.25) is 0 Å². The van der Waals surface area contributed by atoms with Crippen LogP contribution >= 0.6 is 0 Å². The lowest BCUT2D eigenvalue weighted by atomic mass is 9.98. The molecule has 1 heterocycles. The normalized spacial score (nSPS) is 17.2. The van der Waals surface area contributed by atoms with Crippen molar-refractivity contribution in [3.8, 4) is 5.75 Å². The van der Waals surface area contributed by atoms with Gasteiger partial charge in [0, 0.05) is 37.5 Å². The van der Waals surface area contributed by atoms with Crippen LogP contribution in [-0.2, 0) is 19.6 Å². The van der Waals surface area contributed by atoms with Crippen LogP contribution in [0.5, 0.6) is 5.75 Å². The Kier molecular flexibility index (Phi) is 6.73. The van der Waals surface area contributed by atoms with Crippen molar-refractivity contribution in [3.63, 3.8) is 0 Å². The molecule has 1 aliphatic heterocycles. The molecule has 0 spiro atoms. The summed E-state index contributed by atoms with van der Waals surface area (Å²) in [4.78, 5) is 24.0. The predicted molar refractivity (Wildman–Crippen MR) is 114 cm³/mol. The Morgan fingerprint density at radius 1 is 1.07 bits per heavy atom. The van der Waals surface area contributed by atoms with Crippen LogP contribution in [0.1, 0.15) is 19.8 Å². The zero-order chi connectivity index (χ0) is 21.7. The number of sulfonamides is 1. The number of anilines is 2. The molecular formula is C21H25N3O5S. The van der Waals surface area contributed by atoms with Gasteiger partial charge in [0.25, 0.3) is 0 Å². The summed E-state index contributed by atoms with van der Waals surface area (Å²) in [6.07, 6.45) is 1.21. The second kappa shape index (κ2) is 9.27. The first-order valence-electron chi connectivity index (χ1n) is 9.62. The molecule has 1 atom stereocenters. The first-order chi connectivity index (χ1) is 14.3. The largest absolute Gasteiger partial charge is 0.497 e. The fourth-order valence-corrected chi connectivity index (χ4v) is 4.91. The van der Waals surface area contributed by atoms with Gasteiger partial charge >= 0.3 is 0 Å². The SMILES string of the molecule is COc1cccc(NC(=O)[C@H]2CCCN(S(=O)(=O)c3ccc(NC(C)=O)cc3)C2)c1. The van der Waals surface area contributed by atoms with Gasteiger partial charge in [-0.3, -0.25) is 9.59 Å². The number of carbonyl (C=O) groups excluding carboxylic acids is 2. The van der Waals surface area contributed by atoms with E-state index < -0.39 is 15.9 Å². The number of amides is 2. The highest BCUT2D eigenvalue weighted by Crippen LogP contribution is 2.26. The summed E-state index contributed by atoms with van der Waals surface area (Å²) in [6.45, 7) is 1.86. The van der Waals surface area contributed by atoms with Crippen LogP contribution < -0.4 is 15.4 Å². The number of nitrogens with one attached hydrogen (secondary N) is 2. The van der Waals surface area contributed by atoms with E-state index in [0.717, 1.165) is 0 Å². The Balaban J connectivity index is 1.69.